The van der Waals surface area contributed by atoms with Crippen LogP contribution in [-0.4, -0.2) is 19.3 Å². The number of ether oxygens (including phenoxy) is 1. The van der Waals surface area contributed by atoms with Gasteiger partial charge in [0.15, 0.2) is 0 Å². The highest BCUT2D eigenvalue weighted by Crippen LogP contribution is 2.20. The van der Waals surface area contributed by atoms with Gasteiger partial charge >= 0.3 is 0 Å². The number of nitrogens with one attached hydrogen (secondary N) is 1. The summed E-state index contributed by atoms with van der Waals surface area (Å²) in [4.78, 5) is 0. The number of hydrogen-bond acceptors (Lipinski definition) is 2. The molecular weight excluding hydrogens is 258 g/mol. The molecule has 106 valence electrons. The van der Waals surface area contributed by atoms with Gasteiger partial charge in [-0.1, -0.05) is 30.7 Å². The largest absolute Gasteiger partial charge is 0.378 e. The van der Waals surface area contributed by atoms with Crippen molar-refractivity contribution in [3.05, 3.63) is 34.9 Å². The molecule has 0 aliphatic carbocycles. The van der Waals surface area contributed by atoms with Crippen molar-refractivity contribution in [3.8, 4) is 0 Å². The summed E-state index contributed by atoms with van der Waals surface area (Å²) in [7, 11) is 0. The maximum Gasteiger partial charge on any atom is 0.0587 e. The zero-order valence-electron chi connectivity index (χ0n) is 11.7. The highest BCUT2D eigenvalue weighted by Gasteiger charge is 2.14. The predicted molar refractivity (Wildman–Crippen MR) is 80.7 cm³/mol. The molecule has 1 aliphatic heterocycles. The van der Waals surface area contributed by atoms with E-state index >= 15 is 0 Å². The first-order valence-electron chi connectivity index (χ1n) is 7.40. The zero-order valence-corrected chi connectivity index (χ0v) is 12.5. The van der Waals surface area contributed by atoms with Crippen LogP contribution >= 0.6 is 11.6 Å². The maximum absolute atomic E-state index is 5.93. The van der Waals surface area contributed by atoms with Gasteiger partial charge in [0.2, 0.25) is 0 Å². The van der Waals surface area contributed by atoms with E-state index in [0.717, 1.165) is 31.0 Å². The fraction of sp³-hybridized carbons (Fsp3) is 0.625. The smallest absolute Gasteiger partial charge is 0.0587 e. The summed E-state index contributed by atoms with van der Waals surface area (Å²) in [6.07, 6.45) is 6.44. The van der Waals surface area contributed by atoms with E-state index in [1.165, 1.54) is 24.8 Å². The monoisotopic (exact) mass is 281 g/mol. The molecule has 3 heteroatoms. The van der Waals surface area contributed by atoms with Gasteiger partial charge in [0.05, 0.1) is 6.10 Å². The molecule has 0 amide bonds. The van der Waals surface area contributed by atoms with Gasteiger partial charge in [0.25, 0.3) is 0 Å². The molecule has 0 aromatic heterocycles. The Morgan fingerprint density at radius 2 is 2.11 bits per heavy atom. The van der Waals surface area contributed by atoms with E-state index < -0.39 is 0 Å². The Hall–Kier alpha value is -0.570. The lowest BCUT2D eigenvalue weighted by Gasteiger charge is -2.24. The van der Waals surface area contributed by atoms with Crippen molar-refractivity contribution in [3.63, 3.8) is 0 Å². The van der Waals surface area contributed by atoms with E-state index in [0.29, 0.717) is 12.1 Å². The van der Waals surface area contributed by atoms with Gasteiger partial charge in [-0.3, -0.25) is 0 Å². The summed E-state index contributed by atoms with van der Waals surface area (Å²) in [5.41, 5.74) is 1.32. The Kier molecular flexibility index (Phi) is 6.15. The molecule has 0 radical (unpaired) electrons. The van der Waals surface area contributed by atoms with E-state index in [-0.39, 0.29) is 0 Å². The fourth-order valence-corrected chi connectivity index (χ4v) is 2.77. The summed E-state index contributed by atoms with van der Waals surface area (Å²) in [6.45, 7) is 4.17. The van der Waals surface area contributed by atoms with Crippen molar-refractivity contribution < 1.29 is 4.74 Å². The summed E-state index contributed by atoms with van der Waals surface area (Å²) in [5, 5.41) is 4.43. The minimum Gasteiger partial charge on any atom is -0.378 e. The van der Waals surface area contributed by atoms with E-state index in [1.807, 2.05) is 12.1 Å². The van der Waals surface area contributed by atoms with Crippen LogP contribution < -0.4 is 5.32 Å². The van der Waals surface area contributed by atoms with Crippen LogP contribution in [0.1, 0.15) is 50.6 Å². The third kappa shape index (κ3) is 4.79. The second-order valence-electron chi connectivity index (χ2n) is 5.24. The van der Waals surface area contributed by atoms with Crippen molar-refractivity contribution >= 4 is 11.6 Å². The lowest BCUT2D eigenvalue weighted by atomic mass is 10.0. The molecule has 1 aromatic rings. The third-order valence-corrected chi connectivity index (χ3v) is 4.06. The number of halogens is 1. The highest BCUT2D eigenvalue weighted by atomic mass is 35.5. The molecule has 1 aliphatic rings. The second kappa shape index (κ2) is 7.88. The van der Waals surface area contributed by atoms with Gasteiger partial charge in [0, 0.05) is 17.7 Å². The second-order valence-corrected chi connectivity index (χ2v) is 5.68. The van der Waals surface area contributed by atoms with Crippen molar-refractivity contribution in [2.45, 2.75) is 51.2 Å². The molecular formula is C16H24ClNO. The van der Waals surface area contributed by atoms with Crippen molar-refractivity contribution in [1.29, 1.82) is 0 Å². The normalized spacial score (nSPS) is 21.3. The summed E-state index contributed by atoms with van der Waals surface area (Å²) >= 11 is 5.93. The summed E-state index contributed by atoms with van der Waals surface area (Å²) < 4.78 is 5.76. The molecule has 2 atom stereocenters. The average molecular weight is 282 g/mol. The minimum absolute atomic E-state index is 0.417. The maximum atomic E-state index is 5.93. The number of benzene rings is 1. The Labute approximate surface area is 121 Å². The van der Waals surface area contributed by atoms with E-state index in [9.17, 15) is 0 Å². The van der Waals surface area contributed by atoms with E-state index in [4.69, 9.17) is 16.3 Å². The highest BCUT2D eigenvalue weighted by molar-refractivity contribution is 6.30. The minimum atomic E-state index is 0.417. The van der Waals surface area contributed by atoms with Gasteiger partial charge in [-0.15, -0.1) is 0 Å². The topological polar surface area (TPSA) is 21.3 Å². The van der Waals surface area contributed by atoms with Crippen molar-refractivity contribution in [1.82, 2.24) is 5.32 Å². The van der Waals surface area contributed by atoms with Crippen LogP contribution in [0.2, 0.25) is 5.02 Å². The van der Waals surface area contributed by atoms with Crippen LogP contribution in [0.15, 0.2) is 24.3 Å². The molecule has 1 aromatic carbocycles. The molecule has 2 rings (SSSR count). The fourth-order valence-electron chi connectivity index (χ4n) is 2.65. The zero-order chi connectivity index (χ0) is 13.5. The average Bonchev–Trinajstić information content (AvgIpc) is 2.46. The standard InChI is InChI=1S/C16H24ClNO/c1-2-16(13-6-8-14(17)9-7-13)18-11-10-15-5-3-4-12-19-15/h6-9,15-16,18H,2-5,10-12H2,1H3. The molecule has 0 spiro atoms. The molecule has 1 saturated heterocycles. The Morgan fingerprint density at radius 3 is 2.74 bits per heavy atom. The van der Waals surface area contributed by atoms with Crippen LogP contribution in [0.5, 0.6) is 0 Å². The van der Waals surface area contributed by atoms with E-state index in [1.54, 1.807) is 0 Å². The molecule has 19 heavy (non-hydrogen) atoms. The molecule has 1 N–H and O–H groups in total. The van der Waals surface area contributed by atoms with Gasteiger partial charge in [-0.2, -0.15) is 0 Å². The van der Waals surface area contributed by atoms with Crippen molar-refractivity contribution in [2.75, 3.05) is 13.2 Å². The van der Waals surface area contributed by atoms with Crippen LogP contribution in [0, 0.1) is 0 Å². The molecule has 1 fully saturated rings. The van der Waals surface area contributed by atoms with Crippen LogP contribution in [0.4, 0.5) is 0 Å². The molecule has 2 unspecified atom stereocenters. The lowest BCUT2D eigenvalue weighted by molar-refractivity contribution is 0.0112. The first-order valence-corrected chi connectivity index (χ1v) is 7.78. The Bertz CT molecular complexity index is 360. The third-order valence-electron chi connectivity index (χ3n) is 3.81. The van der Waals surface area contributed by atoms with Crippen LogP contribution in [0.3, 0.4) is 0 Å². The van der Waals surface area contributed by atoms with Gasteiger partial charge in [-0.05, 0) is 56.3 Å². The summed E-state index contributed by atoms with van der Waals surface area (Å²) in [5.74, 6) is 0. The van der Waals surface area contributed by atoms with E-state index in [2.05, 4.69) is 24.4 Å². The number of hydrogen-bond donors (Lipinski definition) is 1. The van der Waals surface area contributed by atoms with Crippen LogP contribution in [0.25, 0.3) is 0 Å². The predicted octanol–water partition coefficient (Wildman–Crippen LogP) is 4.34. The molecule has 0 bridgehead atoms. The van der Waals surface area contributed by atoms with Crippen molar-refractivity contribution in [2.24, 2.45) is 0 Å². The number of rotatable bonds is 6. The van der Waals surface area contributed by atoms with Gasteiger partial charge < -0.3 is 10.1 Å². The molecule has 2 nitrogen and oxygen atoms in total. The Balaban J connectivity index is 1.77. The molecule has 1 heterocycles. The Morgan fingerprint density at radius 1 is 1.32 bits per heavy atom. The first-order chi connectivity index (χ1) is 9.29. The van der Waals surface area contributed by atoms with Gasteiger partial charge in [0.1, 0.15) is 0 Å². The summed E-state index contributed by atoms with van der Waals surface area (Å²) in [6, 6.07) is 8.57. The quantitative estimate of drug-likeness (QED) is 0.837. The lowest BCUT2D eigenvalue weighted by Crippen LogP contribution is -2.27. The van der Waals surface area contributed by atoms with Crippen LogP contribution in [-0.2, 0) is 4.74 Å². The van der Waals surface area contributed by atoms with Gasteiger partial charge in [-0.25, -0.2) is 0 Å². The molecule has 0 saturated carbocycles. The SMILES string of the molecule is CCC(NCCC1CCCCO1)c1ccc(Cl)cc1. The first kappa shape index (κ1) is 14.8.